The average Bonchev–Trinajstić information content (AvgIpc) is 2.80. The Hall–Kier alpha value is -2.29. The summed E-state index contributed by atoms with van der Waals surface area (Å²) in [5, 5.41) is 11.7. The molecule has 0 bridgehead atoms. The highest BCUT2D eigenvalue weighted by Crippen LogP contribution is 2.50. The zero-order chi connectivity index (χ0) is 18.5. The molecular weight excluding hydrogens is 346 g/mol. The zero-order valence-corrected chi connectivity index (χ0v) is 14.8. The predicted molar refractivity (Wildman–Crippen MR) is 91.1 cm³/mol. The van der Waals surface area contributed by atoms with Crippen LogP contribution in [0.1, 0.15) is 26.8 Å². The van der Waals surface area contributed by atoms with Crippen molar-refractivity contribution in [3.63, 3.8) is 0 Å². The quantitative estimate of drug-likeness (QED) is 0.730. The fourth-order valence-electron chi connectivity index (χ4n) is 3.24. The summed E-state index contributed by atoms with van der Waals surface area (Å²) in [5.41, 5.74) is -0.155. The van der Waals surface area contributed by atoms with Gasteiger partial charge in [-0.15, -0.1) is 11.8 Å². The van der Waals surface area contributed by atoms with E-state index in [1.54, 1.807) is 25.3 Å². The van der Waals surface area contributed by atoms with Crippen LogP contribution in [0, 0.1) is 0 Å². The summed E-state index contributed by atoms with van der Waals surface area (Å²) in [5.74, 6) is -1.78. The first kappa shape index (κ1) is 17.5. The van der Waals surface area contributed by atoms with Crippen LogP contribution in [0.2, 0.25) is 0 Å². The number of thioether (sulfide) groups is 1. The second-order valence-electron chi connectivity index (χ2n) is 6.74. The highest BCUT2D eigenvalue weighted by Gasteiger charge is 2.64. The average molecular weight is 365 g/mol. The van der Waals surface area contributed by atoms with Crippen LogP contribution < -0.4 is 10.7 Å². The van der Waals surface area contributed by atoms with E-state index in [1.165, 1.54) is 41.2 Å². The van der Waals surface area contributed by atoms with Crippen LogP contribution in [0.3, 0.4) is 0 Å². The molecule has 0 spiro atoms. The van der Waals surface area contributed by atoms with Crippen molar-refractivity contribution in [2.24, 2.45) is 0 Å². The van der Waals surface area contributed by atoms with Crippen molar-refractivity contribution in [1.29, 1.82) is 0 Å². The molecular formula is C16H19N3O5S. The Morgan fingerprint density at radius 1 is 1.28 bits per heavy atom. The molecule has 2 aliphatic heterocycles. The van der Waals surface area contributed by atoms with Crippen LogP contribution in [0.15, 0.2) is 29.3 Å². The van der Waals surface area contributed by atoms with Gasteiger partial charge in [0.1, 0.15) is 23.5 Å². The molecule has 0 saturated carbocycles. The Bertz CT molecular complexity index is 785. The van der Waals surface area contributed by atoms with Crippen LogP contribution in [-0.2, 0) is 14.4 Å². The summed E-state index contributed by atoms with van der Waals surface area (Å²) in [4.78, 5) is 48.8. The van der Waals surface area contributed by atoms with Gasteiger partial charge in [0.25, 0.3) is 0 Å². The molecule has 1 aromatic rings. The fraction of sp³-hybridized carbons (Fsp3) is 0.500. The van der Waals surface area contributed by atoms with Crippen molar-refractivity contribution >= 4 is 29.5 Å². The molecule has 0 aliphatic carbocycles. The van der Waals surface area contributed by atoms with E-state index in [0.717, 1.165) is 0 Å². The zero-order valence-electron chi connectivity index (χ0n) is 14.0. The van der Waals surface area contributed by atoms with Crippen molar-refractivity contribution in [1.82, 2.24) is 14.8 Å². The van der Waals surface area contributed by atoms with E-state index in [2.05, 4.69) is 5.32 Å². The van der Waals surface area contributed by atoms with Gasteiger partial charge in [0.05, 0.1) is 0 Å². The predicted octanol–water partition coefficient (Wildman–Crippen LogP) is 0.0410. The Labute approximate surface area is 148 Å². The highest BCUT2D eigenvalue weighted by atomic mass is 32.2. The largest absolute Gasteiger partial charge is 0.480 e. The van der Waals surface area contributed by atoms with E-state index in [9.17, 15) is 24.3 Å². The molecule has 1 aromatic heterocycles. The first-order chi connectivity index (χ1) is 11.6. The van der Waals surface area contributed by atoms with Crippen LogP contribution in [-0.4, -0.2) is 54.6 Å². The lowest BCUT2D eigenvalue weighted by Gasteiger charge is -2.43. The Morgan fingerprint density at radius 2 is 1.88 bits per heavy atom. The number of carboxylic acids is 1. The molecule has 3 rings (SSSR count). The third-order valence-electron chi connectivity index (χ3n) is 4.62. The molecule has 2 N–H and O–H groups in total. The van der Waals surface area contributed by atoms with E-state index >= 15 is 0 Å². The van der Waals surface area contributed by atoms with Gasteiger partial charge < -0.3 is 19.9 Å². The van der Waals surface area contributed by atoms with Crippen LogP contribution in [0.25, 0.3) is 0 Å². The van der Waals surface area contributed by atoms with Gasteiger partial charge in [0, 0.05) is 29.3 Å². The van der Waals surface area contributed by atoms with Gasteiger partial charge in [0.15, 0.2) is 5.43 Å². The van der Waals surface area contributed by atoms with Crippen molar-refractivity contribution in [2.75, 3.05) is 0 Å². The summed E-state index contributed by atoms with van der Waals surface area (Å²) in [7, 11) is 0. The molecule has 2 unspecified atom stereocenters. The highest BCUT2D eigenvalue weighted by molar-refractivity contribution is 8.01. The molecule has 0 radical (unpaired) electrons. The minimum absolute atomic E-state index is 0.155. The van der Waals surface area contributed by atoms with Gasteiger partial charge in [-0.3, -0.25) is 14.4 Å². The number of carboxylic acid groups (broad SMARTS) is 1. The number of rotatable bonds is 4. The molecule has 0 aromatic carbocycles. The summed E-state index contributed by atoms with van der Waals surface area (Å²) >= 11 is 1.38. The van der Waals surface area contributed by atoms with Gasteiger partial charge in [-0.05, 0) is 20.8 Å². The number of nitrogens with zero attached hydrogens (tertiary/aromatic N) is 2. The second kappa shape index (κ2) is 5.91. The number of hydrogen-bond acceptors (Lipinski definition) is 5. The molecule has 3 heterocycles. The van der Waals surface area contributed by atoms with E-state index < -0.39 is 28.8 Å². The number of nitrogens with one attached hydrogen (secondary N) is 1. The summed E-state index contributed by atoms with van der Waals surface area (Å²) < 4.78 is 0.944. The molecule has 2 saturated heterocycles. The third kappa shape index (κ3) is 2.82. The first-order valence-electron chi connectivity index (χ1n) is 7.84. The van der Waals surface area contributed by atoms with Crippen molar-refractivity contribution in [3.8, 4) is 0 Å². The molecule has 2 amide bonds. The van der Waals surface area contributed by atoms with Gasteiger partial charge in [-0.1, -0.05) is 0 Å². The third-order valence-corrected chi connectivity index (χ3v) is 6.19. The van der Waals surface area contributed by atoms with Gasteiger partial charge in [0.2, 0.25) is 11.8 Å². The number of hydrogen-bond donors (Lipinski definition) is 2. The minimum Gasteiger partial charge on any atom is -0.480 e. The van der Waals surface area contributed by atoms with Crippen LogP contribution in [0.4, 0.5) is 0 Å². The maximum absolute atomic E-state index is 12.4. The Morgan fingerprint density at radius 3 is 2.44 bits per heavy atom. The number of fused-ring (bicyclic) bond motifs is 1. The molecule has 2 aliphatic rings. The Balaban J connectivity index is 1.71. The number of carbonyl (C=O) groups excluding carboxylic acids is 2. The SMILES string of the molecule is CC(C(=O)NC1C(=O)N2[C@@H]1SC(C)(C)[C@@H]2C(=O)O)n1ccc(=O)cc1. The second-order valence-corrected chi connectivity index (χ2v) is 8.51. The lowest BCUT2D eigenvalue weighted by atomic mass is 9.96. The number of amides is 2. The fourth-order valence-corrected chi connectivity index (χ4v) is 4.86. The number of aromatic nitrogens is 1. The van der Waals surface area contributed by atoms with Gasteiger partial charge >= 0.3 is 5.97 Å². The topological polar surface area (TPSA) is 109 Å². The van der Waals surface area contributed by atoms with Crippen molar-refractivity contribution in [3.05, 3.63) is 34.7 Å². The monoisotopic (exact) mass is 365 g/mol. The van der Waals surface area contributed by atoms with Crippen molar-refractivity contribution < 1.29 is 19.5 Å². The lowest BCUT2D eigenvalue weighted by Crippen LogP contribution is -2.71. The van der Waals surface area contributed by atoms with Gasteiger partial charge in [-0.25, -0.2) is 4.79 Å². The molecule has 4 atom stereocenters. The van der Waals surface area contributed by atoms with E-state index in [4.69, 9.17) is 0 Å². The summed E-state index contributed by atoms with van der Waals surface area (Å²) in [6, 6.07) is 0.472. The number of aliphatic carboxylic acids is 1. The van der Waals surface area contributed by atoms with E-state index in [-0.39, 0.29) is 22.6 Å². The molecule has 134 valence electrons. The van der Waals surface area contributed by atoms with Crippen LogP contribution in [0.5, 0.6) is 0 Å². The number of pyridine rings is 1. The summed E-state index contributed by atoms with van der Waals surface area (Å²) in [6.45, 7) is 5.22. The van der Waals surface area contributed by atoms with E-state index in [0.29, 0.717) is 0 Å². The maximum atomic E-state index is 12.4. The number of β-lactam (4-membered cyclic amide) rings is 1. The molecule has 25 heavy (non-hydrogen) atoms. The first-order valence-corrected chi connectivity index (χ1v) is 8.72. The Kier molecular flexibility index (Phi) is 4.14. The molecule has 8 nitrogen and oxygen atoms in total. The normalized spacial score (nSPS) is 28.0. The van der Waals surface area contributed by atoms with Crippen molar-refractivity contribution in [2.45, 2.75) is 49.0 Å². The van der Waals surface area contributed by atoms with Gasteiger partial charge in [-0.2, -0.15) is 0 Å². The van der Waals surface area contributed by atoms with E-state index in [1.807, 2.05) is 0 Å². The standard InChI is InChI=1S/C16H19N3O5S/c1-8(18-6-4-9(20)5-7-18)12(21)17-10-13(22)19-11(15(23)24)16(2,3)25-14(10)19/h4-8,10-11,14H,1-3H3,(H,17,21)(H,23,24)/t8?,10?,11-,14+/m0/s1. The minimum atomic E-state index is -1.04. The smallest absolute Gasteiger partial charge is 0.327 e. The van der Waals surface area contributed by atoms with Crippen LogP contribution >= 0.6 is 11.8 Å². The maximum Gasteiger partial charge on any atom is 0.327 e. The number of carbonyl (C=O) groups is 3. The summed E-state index contributed by atoms with van der Waals surface area (Å²) in [6.07, 6.45) is 3.02. The molecule has 2 fully saturated rings. The molecule has 9 heteroatoms. The lowest BCUT2D eigenvalue weighted by molar-refractivity contribution is -0.161.